The summed E-state index contributed by atoms with van der Waals surface area (Å²) in [6.45, 7) is 4.71. The van der Waals surface area contributed by atoms with Gasteiger partial charge in [0.2, 0.25) is 0 Å². The number of carbonyl (C=O) groups excluding carboxylic acids is 1. The molecule has 0 saturated carbocycles. The Hall–Kier alpha value is -2.34. The number of halogens is 1. The monoisotopic (exact) mass is 418 g/mol. The minimum absolute atomic E-state index is 0.0946. The number of ether oxygens (including phenoxy) is 2. The second-order valence-electron chi connectivity index (χ2n) is 5.76. The molecular weight excluding hydrogens is 396 g/mol. The lowest BCUT2D eigenvalue weighted by molar-refractivity contribution is -0.123. The zero-order valence-electron chi connectivity index (χ0n) is 15.0. The van der Waals surface area contributed by atoms with Crippen molar-refractivity contribution in [2.75, 3.05) is 13.2 Å². The van der Waals surface area contributed by atoms with Crippen LogP contribution < -0.4 is 14.9 Å². The van der Waals surface area contributed by atoms with E-state index in [1.165, 1.54) is 0 Å². The summed E-state index contributed by atoms with van der Waals surface area (Å²) in [5.41, 5.74) is 4.37. The van der Waals surface area contributed by atoms with Gasteiger partial charge in [-0.05, 0) is 66.9 Å². The van der Waals surface area contributed by atoms with Gasteiger partial charge >= 0.3 is 0 Å². The Morgan fingerprint density at radius 3 is 2.58 bits per heavy atom. The van der Waals surface area contributed by atoms with Crippen molar-refractivity contribution in [3.63, 3.8) is 0 Å². The van der Waals surface area contributed by atoms with Gasteiger partial charge in [0.05, 0.1) is 12.8 Å². The zero-order chi connectivity index (χ0) is 18.8. The van der Waals surface area contributed by atoms with Crippen molar-refractivity contribution >= 4 is 28.1 Å². The summed E-state index contributed by atoms with van der Waals surface area (Å²) in [7, 11) is 0. The van der Waals surface area contributed by atoms with E-state index in [1.54, 1.807) is 12.3 Å². The van der Waals surface area contributed by atoms with E-state index in [9.17, 15) is 4.79 Å². The van der Waals surface area contributed by atoms with Gasteiger partial charge in [0.1, 0.15) is 11.5 Å². The Morgan fingerprint density at radius 1 is 1.15 bits per heavy atom. The van der Waals surface area contributed by atoms with Gasteiger partial charge in [-0.15, -0.1) is 0 Å². The molecule has 2 rings (SSSR count). The number of hydrogen-bond donors (Lipinski definition) is 1. The van der Waals surface area contributed by atoms with Crippen molar-refractivity contribution in [3.05, 3.63) is 58.1 Å². The predicted molar refractivity (Wildman–Crippen MR) is 107 cm³/mol. The fraction of sp³-hybridized carbons (Fsp3) is 0.300. The molecule has 1 N–H and O–H groups in total. The lowest BCUT2D eigenvalue weighted by atomic mass is 10.2. The largest absolute Gasteiger partial charge is 0.494 e. The van der Waals surface area contributed by atoms with Crippen LogP contribution in [0.2, 0.25) is 0 Å². The van der Waals surface area contributed by atoms with Crippen LogP contribution in [0.5, 0.6) is 11.5 Å². The second-order valence-corrected chi connectivity index (χ2v) is 6.62. The van der Waals surface area contributed by atoms with E-state index in [2.05, 4.69) is 33.4 Å². The smallest absolute Gasteiger partial charge is 0.277 e. The van der Waals surface area contributed by atoms with Crippen LogP contribution in [0.15, 0.2) is 52.0 Å². The lowest BCUT2D eigenvalue weighted by Gasteiger charge is -2.07. The average molecular weight is 419 g/mol. The van der Waals surface area contributed by atoms with Crippen molar-refractivity contribution in [1.29, 1.82) is 0 Å². The maximum atomic E-state index is 11.8. The molecule has 2 aromatic carbocycles. The number of hydrazone groups is 1. The van der Waals surface area contributed by atoms with Gasteiger partial charge in [-0.25, -0.2) is 5.43 Å². The van der Waals surface area contributed by atoms with E-state index in [-0.39, 0.29) is 12.5 Å². The fourth-order valence-corrected chi connectivity index (χ4v) is 2.30. The third-order valence-corrected chi connectivity index (χ3v) is 4.44. The first-order chi connectivity index (χ1) is 12.6. The van der Waals surface area contributed by atoms with Crippen LogP contribution >= 0.6 is 15.9 Å². The Bertz CT molecular complexity index is 745. The molecule has 6 heteroatoms. The predicted octanol–water partition coefficient (Wildman–Crippen LogP) is 4.47. The van der Waals surface area contributed by atoms with Gasteiger partial charge in [0, 0.05) is 4.47 Å². The van der Waals surface area contributed by atoms with E-state index < -0.39 is 0 Å². The fourth-order valence-electron chi connectivity index (χ4n) is 2.05. The Morgan fingerprint density at radius 2 is 1.88 bits per heavy atom. The third kappa shape index (κ3) is 6.88. The van der Waals surface area contributed by atoms with Crippen LogP contribution in [0, 0.1) is 6.92 Å². The van der Waals surface area contributed by atoms with Crippen LogP contribution in [0.25, 0.3) is 0 Å². The molecule has 0 aliphatic rings. The molecular formula is C20H23BrN2O3. The Labute approximate surface area is 162 Å². The Balaban J connectivity index is 1.74. The van der Waals surface area contributed by atoms with Crippen molar-refractivity contribution in [2.24, 2.45) is 5.10 Å². The summed E-state index contributed by atoms with van der Waals surface area (Å²) in [4.78, 5) is 11.8. The molecule has 138 valence electrons. The first-order valence-corrected chi connectivity index (χ1v) is 9.31. The van der Waals surface area contributed by atoms with Crippen LogP contribution in [0.3, 0.4) is 0 Å². The van der Waals surface area contributed by atoms with Crippen LogP contribution in [0.1, 0.15) is 30.9 Å². The molecule has 0 radical (unpaired) electrons. The summed E-state index contributed by atoms with van der Waals surface area (Å²) in [5, 5.41) is 3.94. The summed E-state index contributed by atoms with van der Waals surface area (Å²) < 4.78 is 12.0. The van der Waals surface area contributed by atoms with E-state index in [0.29, 0.717) is 5.75 Å². The maximum Gasteiger partial charge on any atom is 0.277 e. The summed E-state index contributed by atoms with van der Waals surface area (Å²) in [6, 6.07) is 13.1. The Kier molecular flexibility index (Phi) is 8.15. The second kappa shape index (κ2) is 10.6. The molecule has 0 spiro atoms. The molecule has 0 atom stereocenters. The molecule has 0 unspecified atom stereocenters. The molecule has 0 aliphatic heterocycles. The number of aryl methyl sites for hydroxylation is 1. The molecule has 0 aliphatic carbocycles. The number of carbonyl (C=O) groups is 1. The van der Waals surface area contributed by atoms with Gasteiger partial charge < -0.3 is 9.47 Å². The molecule has 0 saturated heterocycles. The third-order valence-electron chi connectivity index (χ3n) is 3.55. The summed E-state index contributed by atoms with van der Waals surface area (Å²) in [5.74, 6) is 1.16. The summed E-state index contributed by atoms with van der Waals surface area (Å²) >= 11 is 3.42. The highest BCUT2D eigenvalue weighted by molar-refractivity contribution is 9.10. The van der Waals surface area contributed by atoms with Gasteiger partial charge in [0.25, 0.3) is 5.91 Å². The standard InChI is InChI=1S/C20H23BrN2O3/c1-3-4-11-25-17-7-5-16(6-8-17)13-22-23-20(24)14-26-18-9-10-19(21)15(2)12-18/h5-10,12-13H,3-4,11,14H2,1-2H3,(H,23,24)/b22-13+. The molecule has 0 fully saturated rings. The van der Waals surface area contributed by atoms with E-state index >= 15 is 0 Å². The lowest BCUT2D eigenvalue weighted by Crippen LogP contribution is -2.24. The topological polar surface area (TPSA) is 59.9 Å². The zero-order valence-corrected chi connectivity index (χ0v) is 16.6. The van der Waals surface area contributed by atoms with Crippen molar-refractivity contribution in [2.45, 2.75) is 26.7 Å². The van der Waals surface area contributed by atoms with Gasteiger partial charge in [-0.1, -0.05) is 29.3 Å². The van der Waals surface area contributed by atoms with E-state index in [1.807, 2.05) is 43.3 Å². The molecule has 1 amide bonds. The van der Waals surface area contributed by atoms with Crippen LogP contribution in [-0.2, 0) is 4.79 Å². The number of unbranched alkanes of at least 4 members (excludes halogenated alkanes) is 1. The SMILES string of the molecule is CCCCOc1ccc(/C=N/NC(=O)COc2ccc(Br)c(C)c2)cc1. The van der Waals surface area contributed by atoms with Gasteiger partial charge in [-0.2, -0.15) is 5.10 Å². The van der Waals surface area contributed by atoms with Crippen LogP contribution in [-0.4, -0.2) is 25.3 Å². The highest BCUT2D eigenvalue weighted by atomic mass is 79.9. The average Bonchev–Trinajstić information content (AvgIpc) is 2.64. The van der Waals surface area contributed by atoms with Crippen molar-refractivity contribution < 1.29 is 14.3 Å². The quantitative estimate of drug-likeness (QED) is 0.371. The van der Waals surface area contributed by atoms with Crippen LogP contribution in [0.4, 0.5) is 0 Å². The van der Waals surface area contributed by atoms with Gasteiger partial charge in [-0.3, -0.25) is 4.79 Å². The van der Waals surface area contributed by atoms with Gasteiger partial charge in [0.15, 0.2) is 6.61 Å². The number of amides is 1. The molecule has 26 heavy (non-hydrogen) atoms. The summed E-state index contributed by atoms with van der Waals surface area (Å²) in [6.07, 6.45) is 3.73. The number of benzene rings is 2. The molecule has 0 heterocycles. The minimum Gasteiger partial charge on any atom is -0.494 e. The molecule has 5 nitrogen and oxygen atoms in total. The molecule has 0 bridgehead atoms. The molecule has 2 aromatic rings. The van der Waals surface area contributed by atoms with Crippen molar-refractivity contribution in [1.82, 2.24) is 5.43 Å². The highest BCUT2D eigenvalue weighted by Crippen LogP contribution is 2.21. The molecule has 0 aromatic heterocycles. The normalized spacial score (nSPS) is 10.7. The van der Waals surface area contributed by atoms with Crippen molar-refractivity contribution in [3.8, 4) is 11.5 Å². The first-order valence-electron chi connectivity index (χ1n) is 8.52. The number of nitrogens with one attached hydrogen (secondary N) is 1. The van der Waals surface area contributed by atoms with E-state index in [4.69, 9.17) is 9.47 Å². The highest BCUT2D eigenvalue weighted by Gasteiger charge is 2.03. The number of hydrogen-bond acceptors (Lipinski definition) is 4. The number of rotatable bonds is 9. The first kappa shape index (κ1) is 20.0. The number of nitrogens with zero attached hydrogens (tertiary/aromatic N) is 1. The van der Waals surface area contributed by atoms with E-state index in [0.717, 1.165) is 40.8 Å². The minimum atomic E-state index is -0.318. The maximum absolute atomic E-state index is 11.8.